The largest absolute Gasteiger partial charge is 0.506 e. The van der Waals surface area contributed by atoms with E-state index in [2.05, 4.69) is 0 Å². The molecular weight excluding hydrogens is 230 g/mol. The molecule has 2 rings (SSSR count). The van der Waals surface area contributed by atoms with E-state index in [0.717, 1.165) is 5.56 Å². The lowest BCUT2D eigenvalue weighted by atomic mass is 10.0. The zero-order valence-corrected chi connectivity index (χ0v) is 9.88. The highest BCUT2D eigenvalue weighted by atomic mass is 16.5. The number of hydrogen-bond donors (Lipinski definition) is 2. The molecule has 0 atom stereocenters. The maximum atomic E-state index is 11.4. The normalized spacial score (nSPS) is 10.1. The Hall–Kier alpha value is -2.49. The number of hydrogen-bond acceptors (Lipinski definition) is 3. The van der Waals surface area contributed by atoms with Gasteiger partial charge in [0.25, 0.3) is 5.91 Å². The van der Waals surface area contributed by atoms with E-state index in [9.17, 15) is 9.90 Å². The summed E-state index contributed by atoms with van der Waals surface area (Å²) >= 11 is 0. The van der Waals surface area contributed by atoms with Crippen LogP contribution >= 0.6 is 0 Å². The first-order chi connectivity index (χ1) is 8.65. The van der Waals surface area contributed by atoms with E-state index < -0.39 is 5.91 Å². The van der Waals surface area contributed by atoms with Crippen molar-refractivity contribution >= 4 is 5.91 Å². The Bertz CT molecular complexity index is 579. The Labute approximate surface area is 105 Å². The minimum atomic E-state index is -0.720. The maximum Gasteiger partial charge on any atom is 0.256 e. The highest BCUT2D eigenvalue weighted by molar-refractivity contribution is 6.01. The Kier molecular flexibility index (Phi) is 3.19. The topological polar surface area (TPSA) is 72.6 Å². The summed E-state index contributed by atoms with van der Waals surface area (Å²) in [4.78, 5) is 11.4. The van der Waals surface area contributed by atoms with Crippen LogP contribution in [0.3, 0.4) is 0 Å². The molecule has 4 heteroatoms. The zero-order chi connectivity index (χ0) is 13.1. The lowest BCUT2D eigenvalue weighted by Crippen LogP contribution is -2.13. The molecule has 0 fully saturated rings. The molecule has 0 radical (unpaired) electrons. The summed E-state index contributed by atoms with van der Waals surface area (Å²) in [6.45, 7) is 0. The van der Waals surface area contributed by atoms with Crippen LogP contribution in [0.1, 0.15) is 10.4 Å². The van der Waals surface area contributed by atoms with Gasteiger partial charge in [0.2, 0.25) is 0 Å². The second-order valence-electron chi connectivity index (χ2n) is 3.77. The fraction of sp³-hybridized carbons (Fsp3) is 0.0714. The maximum absolute atomic E-state index is 11.4. The van der Waals surface area contributed by atoms with Crippen molar-refractivity contribution in [2.45, 2.75) is 0 Å². The molecule has 1 amide bonds. The molecule has 2 aromatic carbocycles. The minimum Gasteiger partial charge on any atom is -0.506 e. The van der Waals surface area contributed by atoms with Crippen LogP contribution in [0.5, 0.6) is 11.5 Å². The molecule has 2 aromatic rings. The fourth-order valence-electron chi connectivity index (χ4n) is 1.83. The number of carbonyl (C=O) groups is 1. The zero-order valence-electron chi connectivity index (χ0n) is 9.88. The first kappa shape index (κ1) is 12.0. The van der Waals surface area contributed by atoms with Crippen LogP contribution < -0.4 is 10.5 Å². The molecule has 0 aromatic heterocycles. The number of benzene rings is 2. The van der Waals surface area contributed by atoms with Crippen molar-refractivity contribution in [1.29, 1.82) is 0 Å². The highest BCUT2D eigenvalue weighted by Crippen LogP contribution is 2.36. The van der Waals surface area contributed by atoms with E-state index in [1.54, 1.807) is 12.1 Å². The summed E-state index contributed by atoms with van der Waals surface area (Å²) < 4.78 is 5.02. The number of primary amides is 1. The summed E-state index contributed by atoms with van der Waals surface area (Å²) in [7, 11) is 1.42. The summed E-state index contributed by atoms with van der Waals surface area (Å²) in [5.41, 5.74) is 6.61. The average molecular weight is 243 g/mol. The predicted molar refractivity (Wildman–Crippen MR) is 68.6 cm³/mol. The van der Waals surface area contributed by atoms with Gasteiger partial charge in [-0.05, 0) is 17.7 Å². The summed E-state index contributed by atoms with van der Waals surface area (Å²) in [5.74, 6) is -0.616. The van der Waals surface area contributed by atoms with Gasteiger partial charge in [-0.2, -0.15) is 0 Å². The predicted octanol–water partition coefficient (Wildman–Crippen LogP) is 2.17. The standard InChI is InChI=1S/C14H13NO3/c1-18-11-8-7-10(9-5-3-2-4-6-9)13(16)12(11)14(15)17/h2-8,16H,1H3,(H2,15,17). The minimum absolute atomic E-state index is 0.00106. The van der Waals surface area contributed by atoms with E-state index in [-0.39, 0.29) is 17.1 Å². The highest BCUT2D eigenvalue weighted by Gasteiger charge is 2.18. The Morgan fingerprint density at radius 2 is 1.83 bits per heavy atom. The molecule has 92 valence electrons. The molecule has 0 saturated heterocycles. The van der Waals surface area contributed by atoms with E-state index in [0.29, 0.717) is 5.56 Å². The number of aromatic hydroxyl groups is 1. The van der Waals surface area contributed by atoms with Gasteiger partial charge in [0.1, 0.15) is 17.1 Å². The van der Waals surface area contributed by atoms with Crippen molar-refractivity contribution in [1.82, 2.24) is 0 Å². The van der Waals surface area contributed by atoms with Crippen LogP contribution in [0.25, 0.3) is 11.1 Å². The second-order valence-corrected chi connectivity index (χ2v) is 3.77. The van der Waals surface area contributed by atoms with Gasteiger partial charge in [0.15, 0.2) is 0 Å². The van der Waals surface area contributed by atoms with Gasteiger partial charge < -0.3 is 15.6 Å². The lowest BCUT2D eigenvalue weighted by Gasteiger charge is -2.11. The third-order valence-electron chi connectivity index (χ3n) is 2.69. The number of carbonyl (C=O) groups excluding carboxylic acids is 1. The molecule has 0 bridgehead atoms. The van der Waals surface area contributed by atoms with Crippen molar-refractivity contribution in [3.8, 4) is 22.6 Å². The smallest absolute Gasteiger partial charge is 0.256 e. The van der Waals surface area contributed by atoms with Crippen molar-refractivity contribution in [2.75, 3.05) is 7.11 Å². The van der Waals surface area contributed by atoms with Gasteiger partial charge in [0, 0.05) is 5.56 Å². The number of nitrogens with two attached hydrogens (primary N) is 1. The van der Waals surface area contributed by atoms with E-state index in [4.69, 9.17) is 10.5 Å². The first-order valence-corrected chi connectivity index (χ1v) is 5.40. The molecule has 0 aliphatic heterocycles. The Morgan fingerprint density at radius 3 is 2.39 bits per heavy atom. The van der Waals surface area contributed by atoms with Gasteiger partial charge in [-0.15, -0.1) is 0 Å². The quantitative estimate of drug-likeness (QED) is 0.867. The van der Waals surface area contributed by atoms with Crippen LogP contribution in [-0.2, 0) is 0 Å². The molecule has 0 spiro atoms. The van der Waals surface area contributed by atoms with Crippen LogP contribution in [0.4, 0.5) is 0 Å². The van der Waals surface area contributed by atoms with Gasteiger partial charge in [0.05, 0.1) is 7.11 Å². The van der Waals surface area contributed by atoms with E-state index in [1.165, 1.54) is 7.11 Å². The summed E-state index contributed by atoms with van der Waals surface area (Å²) in [6.07, 6.45) is 0. The molecule has 0 aliphatic carbocycles. The molecule has 4 nitrogen and oxygen atoms in total. The number of phenols is 1. The van der Waals surface area contributed by atoms with Crippen LogP contribution in [0.2, 0.25) is 0 Å². The Morgan fingerprint density at radius 1 is 1.17 bits per heavy atom. The van der Waals surface area contributed by atoms with E-state index in [1.807, 2.05) is 30.3 Å². The van der Waals surface area contributed by atoms with Crippen LogP contribution in [-0.4, -0.2) is 18.1 Å². The number of ether oxygens (including phenoxy) is 1. The number of amides is 1. The number of methoxy groups -OCH3 is 1. The van der Waals surface area contributed by atoms with Crippen molar-refractivity contribution in [3.63, 3.8) is 0 Å². The molecule has 3 N–H and O–H groups in total. The van der Waals surface area contributed by atoms with Gasteiger partial charge in [-0.3, -0.25) is 4.79 Å². The van der Waals surface area contributed by atoms with Gasteiger partial charge >= 0.3 is 0 Å². The molecule has 0 saturated carbocycles. The summed E-state index contributed by atoms with van der Waals surface area (Å²) in [5, 5.41) is 10.1. The molecule has 18 heavy (non-hydrogen) atoms. The number of rotatable bonds is 3. The summed E-state index contributed by atoms with van der Waals surface area (Å²) in [6, 6.07) is 12.6. The average Bonchev–Trinajstić information content (AvgIpc) is 2.38. The fourth-order valence-corrected chi connectivity index (χ4v) is 1.83. The monoisotopic (exact) mass is 243 g/mol. The second kappa shape index (κ2) is 4.79. The SMILES string of the molecule is COc1ccc(-c2ccccc2)c(O)c1C(N)=O. The molecule has 0 unspecified atom stereocenters. The van der Waals surface area contributed by atoms with Crippen molar-refractivity contribution < 1.29 is 14.6 Å². The Balaban J connectivity index is 2.65. The lowest BCUT2D eigenvalue weighted by molar-refractivity contribution is 0.0995. The van der Waals surface area contributed by atoms with Crippen molar-refractivity contribution in [2.24, 2.45) is 5.73 Å². The van der Waals surface area contributed by atoms with Gasteiger partial charge in [-0.25, -0.2) is 0 Å². The first-order valence-electron chi connectivity index (χ1n) is 5.40. The molecular formula is C14H13NO3. The van der Waals surface area contributed by atoms with Crippen molar-refractivity contribution in [3.05, 3.63) is 48.0 Å². The van der Waals surface area contributed by atoms with Gasteiger partial charge in [-0.1, -0.05) is 30.3 Å². The van der Waals surface area contributed by atoms with Crippen LogP contribution in [0, 0.1) is 0 Å². The third-order valence-corrected chi connectivity index (χ3v) is 2.69. The van der Waals surface area contributed by atoms with Crippen LogP contribution in [0.15, 0.2) is 42.5 Å². The third kappa shape index (κ3) is 2.00. The van der Waals surface area contributed by atoms with E-state index >= 15 is 0 Å². The molecule has 0 heterocycles. The molecule has 0 aliphatic rings.